The maximum atomic E-state index is 14.1. The molecule has 5 aromatic heterocycles. The van der Waals surface area contributed by atoms with Gasteiger partial charge < -0.3 is 14.6 Å². The largest absolute Gasteiger partial charge is 0.491 e. The van der Waals surface area contributed by atoms with Gasteiger partial charge in [-0.15, -0.1) is 0 Å². The predicted octanol–water partition coefficient (Wildman–Crippen LogP) is 5.62. The number of hydrogen-bond donors (Lipinski definition) is 2. The van der Waals surface area contributed by atoms with Crippen LogP contribution in [0, 0.1) is 12.7 Å². The molecule has 0 bridgehead atoms. The first-order valence-corrected chi connectivity index (χ1v) is 12.3. The van der Waals surface area contributed by atoms with E-state index in [9.17, 15) is 4.39 Å². The number of hydrogen-bond acceptors (Lipinski definition) is 6. The summed E-state index contributed by atoms with van der Waals surface area (Å²) in [7, 11) is 4.01. The molecular formula is C29H26FN7O. The maximum absolute atomic E-state index is 14.1. The molecule has 38 heavy (non-hydrogen) atoms. The van der Waals surface area contributed by atoms with Crippen LogP contribution < -0.4 is 4.74 Å². The van der Waals surface area contributed by atoms with E-state index in [4.69, 9.17) is 9.72 Å². The van der Waals surface area contributed by atoms with Crippen molar-refractivity contribution in [2.75, 3.05) is 27.2 Å². The summed E-state index contributed by atoms with van der Waals surface area (Å²) >= 11 is 0. The van der Waals surface area contributed by atoms with E-state index in [1.807, 2.05) is 51.4 Å². The Morgan fingerprint density at radius 3 is 2.63 bits per heavy atom. The Bertz CT molecular complexity index is 1750. The number of nitrogens with zero attached hydrogens (tertiary/aromatic N) is 5. The van der Waals surface area contributed by atoms with Crippen LogP contribution in [-0.4, -0.2) is 62.3 Å². The zero-order valence-corrected chi connectivity index (χ0v) is 21.3. The SMILES string of the molecule is Cc1cc(F)cc(-c2cncc3[nH]c(-c4n[nH]c5ccc(-c6cncc(OCCN(C)C)c6)nc45)cc23)c1. The molecule has 0 aliphatic heterocycles. The fourth-order valence-corrected chi connectivity index (χ4v) is 4.53. The second kappa shape index (κ2) is 9.68. The van der Waals surface area contributed by atoms with Crippen LogP contribution >= 0.6 is 0 Å². The smallest absolute Gasteiger partial charge is 0.138 e. The highest BCUT2D eigenvalue weighted by Crippen LogP contribution is 2.34. The third kappa shape index (κ3) is 4.59. The van der Waals surface area contributed by atoms with E-state index in [1.54, 1.807) is 24.8 Å². The first kappa shape index (κ1) is 23.7. The molecule has 0 aliphatic rings. The van der Waals surface area contributed by atoms with Crippen molar-refractivity contribution in [3.63, 3.8) is 0 Å². The van der Waals surface area contributed by atoms with E-state index >= 15 is 0 Å². The topological polar surface area (TPSA) is 95.6 Å². The van der Waals surface area contributed by atoms with Crippen LogP contribution in [-0.2, 0) is 0 Å². The van der Waals surface area contributed by atoms with Gasteiger partial charge >= 0.3 is 0 Å². The molecule has 0 spiro atoms. The Morgan fingerprint density at radius 2 is 1.79 bits per heavy atom. The van der Waals surface area contributed by atoms with Gasteiger partial charge in [0.2, 0.25) is 0 Å². The molecule has 0 amide bonds. The number of likely N-dealkylation sites (N-methyl/N-ethyl adjacent to an activating group) is 1. The molecule has 6 aromatic rings. The number of fused-ring (bicyclic) bond motifs is 2. The number of halogens is 1. The molecule has 0 fully saturated rings. The Morgan fingerprint density at radius 1 is 0.921 bits per heavy atom. The van der Waals surface area contributed by atoms with Gasteiger partial charge in [0.15, 0.2) is 0 Å². The number of rotatable bonds is 7. The van der Waals surface area contributed by atoms with Crippen LogP contribution in [0.2, 0.25) is 0 Å². The minimum atomic E-state index is -0.274. The van der Waals surface area contributed by atoms with E-state index in [-0.39, 0.29) is 5.82 Å². The van der Waals surface area contributed by atoms with Crippen molar-refractivity contribution in [3.05, 3.63) is 78.6 Å². The van der Waals surface area contributed by atoms with Crippen molar-refractivity contribution in [1.82, 2.24) is 35.0 Å². The lowest BCUT2D eigenvalue weighted by atomic mass is 10.0. The molecule has 1 aromatic carbocycles. The summed E-state index contributed by atoms with van der Waals surface area (Å²) in [6.07, 6.45) is 7.00. The number of H-pyrrole nitrogens is 2. The summed E-state index contributed by atoms with van der Waals surface area (Å²) in [5, 5.41) is 8.56. The average molecular weight is 508 g/mol. The quantitative estimate of drug-likeness (QED) is 0.291. The third-order valence-corrected chi connectivity index (χ3v) is 6.38. The zero-order valence-electron chi connectivity index (χ0n) is 21.3. The Labute approximate surface area is 218 Å². The molecular weight excluding hydrogens is 481 g/mol. The highest BCUT2D eigenvalue weighted by Gasteiger charge is 2.16. The summed E-state index contributed by atoms with van der Waals surface area (Å²) in [6.45, 7) is 3.26. The number of aromatic amines is 2. The van der Waals surface area contributed by atoms with Crippen molar-refractivity contribution in [2.24, 2.45) is 0 Å². The second-order valence-corrected chi connectivity index (χ2v) is 9.57. The summed E-state index contributed by atoms with van der Waals surface area (Å²) in [5.74, 6) is 0.423. The summed E-state index contributed by atoms with van der Waals surface area (Å²) < 4.78 is 20.0. The number of nitrogens with one attached hydrogen (secondary N) is 2. The highest BCUT2D eigenvalue weighted by molar-refractivity contribution is 6.00. The van der Waals surface area contributed by atoms with Crippen LogP contribution in [0.15, 0.2) is 67.3 Å². The molecule has 5 heterocycles. The monoisotopic (exact) mass is 507 g/mol. The van der Waals surface area contributed by atoms with Gasteiger partial charge in [-0.2, -0.15) is 5.10 Å². The van der Waals surface area contributed by atoms with E-state index in [0.29, 0.717) is 18.1 Å². The highest BCUT2D eigenvalue weighted by atomic mass is 19.1. The summed E-state index contributed by atoms with van der Waals surface area (Å²) in [4.78, 5) is 19.1. The normalized spacial score (nSPS) is 11.6. The van der Waals surface area contributed by atoms with E-state index in [1.165, 1.54) is 12.1 Å². The van der Waals surface area contributed by atoms with Crippen molar-refractivity contribution in [2.45, 2.75) is 6.92 Å². The standard InChI is InChI=1S/C29H26FN7O/c1-17-8-18(10-20(30)9-17)23-15-32-16-27-22(23)12-26(33-27)29-28-25(35-36-29)5-4-24(34-28)19-11-21(14-31-13-19)38-7-6-37(2)3/h4-5,8-16,33H,6-7H2,1-3H3,(H,35,36). The van der Waals surface area contributed by atoms with Gasteiger partial charge in [0.25, 0.3) is 0 Å². The Hall–Kier alpha value is -4.63. The average Bonchev–Trinajstić information content (AvgIpc) is 3.51. The predicted molar refractivity (Wildman–Crippen MR) is 146 cm³/mol. The minimum absolute atomic E-state index is 0.274. The lowest BCUT2D eigenvalue weighted by molar-refractivity contribution is 0.261. The second-order valence-electron chi connectivity index (χ2n) is 9.57. The van der Waals surface area contributed by atoms with Crippen LogP contribution in [0.1, 0.15) is 5.56 Å². The number of aryl methyl sites for hydroxylation is 1. The number of aromatic nitrogens is 6. The Kier molecular flexibility index (Phi) is 6.05. The number of pyridine rings is 3. The van der Waals surface area contributed by atoms with E-state index in [2.05, 4.69) is 30.0 Å². The van der Waals surface area contributed by atoms with Crippen molar-refractivity contribution >= 4 is 21.9 Å². The minimum Gasteiger partial charge on any atom is -0.491 e. The molecule has 8 nitrogen and oxygen atoms in total. The number of ether oxygens (including phenoxy) is 1. The molecule has 0 radical (unpaired) electrons. The van der Waals surface area contributed by atoms with Crippen molar-refractivity contribution in [3.8, 4) is 39.5 Å². The fourth-order valence-electron chi connectivity index (χ4n) is 4.53. The van der Waals surface area contributed by atoms with Crippen LogP contribution in [0.4, 0.5) is 4.39 Å². The van der Waals surface area contributed by atoms with E-state index < -0.39 is 0 Å². The van der Waals surface area contributed by atoms with Gasteiger partial charge in [-0.05, 0) is 68.5 Å². The first-order chi connectivity index (χ1) is 18.4. The van der Waals surface area contributed by atoms with Crippen LogP contribution in [0.3, 0.4) is 0 Å². The van der Waals surface area contributed by atoms with Gasteiger partial charge in [-0.1, -0.05) is 6.07 Å². The summed E-state index contributed by atoms with van der Waals surface area (Å²) in [6, 6.07) is 12.8. The Balaban J connectivity index is 1.38. The molecule has 0 saturated carbocycles. The van der Waals surface area contributed by atoms with Gasteiger partial charge in [-0.3, -0.25) is 15.1 Å². The van der Waals surface area contributed by atoms with E-state index in [0.717, 1.165) is 62.1 Å². The molecule has 0 atom stereocenters. The first-order valence-electron chi connectivity index (χ1n) is 12.3. The third-order valence-electron chi connectivity index (χ3n) is 6.38. The fraction of sp³-hybridized carbons (Fsp3) is 0.172. The molecule has 6 rings (SSSR count). The molecule has 9 heteroatoms. The molecule has 2 N–H and O–H groups in total. The molecule has 0 unspecified atom stereocenters. The molecule has 190 valence electrons. The molecule has 0 aliphatic carbocycles. The lowest BCUT2D eigenvalue weighted by Gasteiger charge is -2.11. The van der Waals surface area contributed by atoms with Gasteiger partial charge in [0, 0.05) is 35.5 Å². The number of benzene rings is 1. The van der Waals surface area contributed by atoms with Crippen LogP contribution in [0.5, 0.6) is 5.75 Å². The van der Waals surface area contributed by atoms with Crippen molar-refractivity contribution in [1.29, 1.82) is 0 Å². The van der Waals surface area contributed by atoms with Gasteiger partial charge in [0.05, 0.1) is 34.8 Å². The van der Waals surface area contributed by atoms with Crippen molar-refractivity contribution < 1.29 is 9.13 Å². The van der Waals surface area contributed by atoms with Crippen LogP contribution in [0.25, 0.3) is 55.7 Å². The van der Waals surface area contributed by atoms with Gasteiger partial charge in [-0.25, -0.2) is 9.37 Å². The summed E-state index contributed by atoms with van der Waals surface area (Å²) in [5.41, 5.74) is 7.94. The van der Waals surface area contributed by atoms with Gasteiger partial charge in [0.1, 0.15) is 29.4 Å². The maximum Gasteiger partial charge on any atom is 0.138 e. The molecule has 0 saturated heterocycles. The zero-order chi connectivity index (χ0) is 26.2. The lowest BCUT2D eigenvalue weighted by Crippen LogP contribution is -2.19.